The minimum absolute atomic E-state index is 0.336. The predicted octanol–water partition coefficient (Wildman–Crippen LogP) is 1.17. The molecule has 0 aliphatic carbocycles. The van der Waals surface area contributed by atoms with Gasteiger partial charge in [0.2, 0.25) is 0 Å². The zero-order chi connectivity index (χ0) is 10.6. The number of rotatable bonds is 2. The van der Waals surface area contributed by atoms with Gasteiger partial charge in [-0.05, 0) is 20.8 Å². The van der Waals surface area contributed by atoms with Gasteiger partial charge in [-0.1, -0.05) is 0 Å². The summed E-state index contributed by atoms with van der Waals surface area (Å²) in [7, 11) is 0. The summed E-state index contributed by atoms with van der Waals surface area (Å²) in [5, 5.41) is 6.34. The second-order valence-corrected chi connectivity index (χ2v) is 5.51. The molecule has 0 aromatic rings. The van der Waals surface area contributed by atoms with Crippen LogP contribution in [0.2, 0.25) is 0 Å². The Labute approximate surface area is 89.2 Å². The molecule has 1 aliphatic heterocycles. The molecule has 2 N–H and O–H groups in total. The predicted molar refractivity (Wildman–Crippen MR) is 58.5 cm³/mol. The zero-order valence-electron chi connectivity index (χ0n) is 8.92. The molecule has 82 valence electrons. The number of thioether (sulfide) groups is 1. The minimum Gasteiger partial charge on any atom is -0.444 e. The Bertz CT molecular complexity index is 197. The summed E-state index contributed by atoms with van der Waals surface area (Å²) in [4.78, 5) is 11.2. The molecule has 0 aromatic carbocycles. The summed E-state index contributed by atoms with van der Waals surface area (Å²) >= 11 is 1.82. The van der Waals surface area contributed by atoms with Gasteiger partial charge in [0, 0.05) is 18.8 Å². The Morgan fingerprint density at radius 1 is 1.64 bits per heavy atom. The van der Waals surface area contributed by atoms with E-state index in [9.17, 15) is 4.79 Å². The van der Waals surface area contributed by atoms with Crippen LogP contribution in [-0.4, -0.2) is 35.9 Å². The van der Waals surface area contributed by atoms with E-state index < -0.39 is 5.60 Å². The van der Waals surface area contributed by atoms with Crippen LogP contribution in [0.1, 0.15) is 20.8 Å². The van der Waals surface area contributed by atoms with Gasteiger partial charge >= 0.3 is 6.09 Å². The smallest absolute Gasteiger partial charge is 0.407 e. The first-order chi connectivity index (χ1) is 6.47. The Hall–Kier alpha value is -0.420. The highest BCUT2D eigenvalue weighted by Crippen LogP contribution is 2.12. The first-order valence-electron chi connectivity index (χ1n) is 4.79. The summed E-state index contributed by atoms with van der Waals surface area (Å²) < 4.78 is 5.11. The standard InChI is InChI=1S/C9H18N2O2S/c1-9(2,3)13-8(12)11-6-7-10-4-5-14-7/h7,10H,4-6H2,1-3H3,(H,11,12). The maximum atomic E-state index is 11.2. The lowest BCUT2D eigenvalue weighted by Gasteiger charge is -2.20. The number of hydrogen-bond acceptors (Lipinski definition) is 4. The van der Waals surface area contributed by atoms with Crippen molar-refractivity contribution >= 4 is 17.9 Å². The monoisotopic (exact) mass is 218 g/mol. The molecule has 4 nitrogen and oxygen atoms in total. The second-order valence-electron chi connectivity index (χ2n) is 4.20. The number of ether oxygens (including phenoxy) is 1. The van der Waals surface area contributed by atoms with Gasteiger partial charge in [0.15, 0.2) is 0 Å². The number of alkyl carbamates (subject to hydrolysis) is 1. The molecular formula is C9H18N2O2S. The number of hydrogen-bond donors (Lipinski definition) is 2. The van der Waals surface area contributed by atoms with Crippen molar-refractivity contribution in [1.82, 2.24) is 10.6 Å². The largest absolute Gasteiger partial charge is 0.444 e. The van der Waals surface area contributed by atoms with Crippen LogP contribution in [0.15, 0.2) is 0 Å². The Kier molecular flexibility index (Phi) is 4.07. The first kappa shape index (κ1) is 11.7. The molecule has 14 heavy (non-hydrogen) atoms. The molecule has 0 spiro atoms. The SMILES string of the molecule is CC(C)(C)OC(=O)NCC1NCCS1. The van der Waals surface area contributed by atoms with Crippen molar-refractivity contribution in [2.75, 3.05) is 18.8 Å². The highest BCUT2D eigenvalue weighted by Gasteiger charge is 2.19. The van der Waals surface area contributed by atoms with Gasteiger partial charge in [-0.3, -0.25) is 0 Å². The van der Waals surface area contributed by atoms with Gasteiger partial charge in [-0.25, -0.2) is 4.79 Å². The summed E-state index contributed by atoms with van der Waals surface area (Å²) in [6.45, 7) is 7.21. The van der Waals surface area contributed by atoms with Gasteiger partial charge < -0.3 is 15.4 Å². The molecule has 1 rings (SSSR count). The van der Waals surface area contributed by atoms with E-state index >= 15 is 0 Å². The molecule has 1 heterocycles. The molecule has 0 aromatic heterocycles. The number of amides is 1. The van der Waals surface area contributed by atoms with E-state index in [1.165, 1.54) is 0 Å². The number of carbonyl (C=O) groups excluding carboxylic acids is 1. The van der Waals surface area contributed by atoms with Crippen molar-refractivity contribution in [3.05, 3.63) is 0 Å². The van der Waals surface area contributed by atoms with Gasteiger partial charge in [0.05, 0.1) is 5.37 Å². The van der Waals surface area contributed by atoms with Crippen LogP contribution in [0.3, 0.4) is 0 Å². The molecular weight excluding hydrogens is 200 g/mol. The van der Waals surface area contributed by atoms with Crippen LogP contribution < -0.4 is 10.6 Å². The van der Waals surface area contributed by atoms with Crippen molar-refractivity contribution in [3.8, 4) is 0 Å². The molecule has 1 unspecified atom stereocenters. The number of carbonyl (C=O) groups is 1. The lowest BCUT2D eigenvalue weighted by atomic mass is 10.2. The average molecular weight is 218 g/mol. The van der Waals surface area contributed by atoms with Crippen molar-refractivity contribution in [3.63, 3.8) is 0 Å². The van der Waals surface area contributed by atoms with Crippen LogP contribution in [0.4, 0.5) is 4.79 Å². The number of nitrogens with one attached hydrogen (secondary N) is 2. The molecule has 1 amide bonds. The quantitative estimate of drug-likeness (QED) is 0.730. The van der Waals surface area contributed by atoms with Crippen molar-refractivity contribution in [2.45, 2.75) is 31.7 Å². The maximum absolute atomic E-state index is 11.2. The molecule has 0 radical (unpaired) electrons. The van der Waals surface area contributed by atoms with E-state index in [-0.39, 0.29) is 6.09 Å². The van der Waals surface area contributed by atoms with Crippen LogP contribution in [0.25, 0.3) is 0 Å². The Morgan fingerprint density at radius 3 is 2.86 bits per heavy atom. The van der Waals surface area contributed by atoms with E-state index in [1.54, 1.807) is 0 Å². The fourth-order valence-electron chi connectivity index (χ4n) is 1.10. The Balaban J connectivity index is 2.14. The average Bonchev–Trinajstić information content (AvgIpc) is 2.49. The molecule has 1 atom stereocenters. The van der Waals surface area contributed by atoms with E-state index in [0.717, 1.165) is 12.3 Å². The lowest BCUT2D eigenvalue weighted by molar-refractivity contribution is 0.0527. The van der Waals surface area contributed by atoms with Crippen LogP contribution in [0, 0.1) is 0 Å². The topological polar surface area (TPSA) is 50.4 Å². The molecule has 1 saturated heterocycles. The first-order valence-corrected chi connectivity index (χ1v) is 5.84. The van der Waals surface area contributed by atoms with E-state index in [0.29, 0.717) is 11.9 Å². The van der Waals surface area contributed by atoms with Crippen LogP contribution in [-0.2, 0) is 4.74 Å². The summed E-state index contributed by atoms with van der Waals surface area (Å²) in [5.41, 5.74) is -0.416. The lowest BCUT2D eigenvalue weighted by Crippen LogP contribution is -2.39. The van der Waals surface area contributed by atoms with E-state index in [4.69, 9.17) is 4.74 Å². The summed E-state index contributed by atoms with van der Waals surface area (Å²) in [6.07, 6.45) is -0.341. The van der Waals surface area contributed by atoms with Crippen molar-refractivity contribution < 1.29 is 9.53 Å². The second kappa shape index (κ2) is 4.89. The van der Waals surface area contributed by atoms with Gasteiger partial charge in [-0.2, -0.15) is 0 Å². The van der Waals surface area contributed by atoms with Crippen molar-refractivity contribution in [2.24, 2.45) is 0 Å². The summed E-state index contributed by atoms with van der Waals surface area (Å²) in [6, 6.07) is 0. The fraction of sp³-hybridized carbons (Fsp3) is 0.889. The highest BCUT2D eigenvalue weighted by atomic mass is 32.2. The van der Waals surface area contributed by atoms with Crippen molar-refractivity contribution in [1.29, 1.82) is 0 Å². The third kappa shape index (κ3) is 4.72. The van der Waals surface area contributed by atoms with Gasteiger partial charge in [-0.15, -0.1) is 11.8 Å². The third-order valence-corrected chi connectivity index (χ3v) is 2.80. The van der Waals surface area contributed by atoms with Gasteiger partial charge in [0.1, 0.15) is 5.60 Å². The molecule has 5 heteroatoms. The molecule has 1 aliphatic rings. The molecule has 1 fully saturated rings. The fourth-order valence-corrected chi connectivity index (χ4v) is 2.06. The normalized spacial score (nSPS) is 22.1. The van der Waals surface area contributed by atoms with E-state index in [2.05, 4.69) is 10.6 Å². The molecule has 0 saturated carbocycles. The molecule has 0 bridgehead atoms. The minimum atomic E-state index is -0.416. The van der Waals surface area contributed by atoms with Crippen LogP contribution >= 0.6 is 11.8 Å². The third-order valence-electron chi connectivity index (χ3n) is 1.62. The maximum Gasteiger partial charge on any atom is 0.407 e. The van der Waals surface area contributed by atoms with Crippen LogP contribution in [0.5, 0.6) is 0 Å². The Morgan fingerprint density at radius 2 is 2.36 bits per heavy atom. The van der Waals surface area contributed by atoms with E-state index in [1.807, 2.05) is 32.5 Å². The van der Waals surface area contributed by atoms with Gasteiger partial charge in [0.25, 0.3) is 0 Å². The highest BCUT2D eigenvalue weighted by molar-refractivity contribution is 8.00. The zero-order valence-corrected chi connectivity index (χ0v) is 9.74. The summed E-state index contributed by atoms with van der Waals surface area (Å²) in [5.74, 6) is 1.11.